The van der Waals surface area contributed by atoms with Crippen molar-refractivity contribution in [2.45, 2.75) is 25.3 Å². The number of rotatable bonds is 2. The quantitative estimate of drug-likeness (QED) is 0.822. The molecule has 1 unspecified atom stereocenters. The van der Waals surface area contributed by atoms with E-state index in [9.17, 15) is 9.18 Å². The van der Waals surface area contributed by atoms with Crippen molar-refractivity contribution in [1.29, 1.82) is 0 Å². The van der Waals surface area contributed by atoms with E-state index < -0.39 is 5.97 Å². The van der Waals surface area contributed by atoms with Crippen LogP contribution in [0.3, 0.4) is 0 Å². The molecule has 1 aliphatic heterocycles. The Kier molecular flexibility index (Phi) is 2.93. The maximum absolute atomic E-state index is 13.9. The summed E-state index contributed by atoms with van der Waals surface area (Å²) in [7, 11) is 0. The number of halogens is 1. The summed E-state index contributed by atoms with van der Waals surface area (Å²) >= 11 is 0. The number of nitrogens with two attached hydrogens (primary N) is 1. The fraction of sp³-hybridized carbons (Fsp3) is 0.286. The smallest absolute Gasteiger partial charge is 0.356 e. The average molecular weight is 275 g/mol. The molecule has 3 N–H and O–H groups in total. The number of carboxylic acid groups (broad SMARTS) is 1. The van der Waals surface area contributed by atoms with Crippen LogP contribution in [0.15, 0.2) is 24.5 Å². The Balaban J connectivity index is 1.93. The van der Waals surface area contributed by atoms with E-state index in [-0.39, 0.29) is 17.4 Å². The molecule has 0 amide bonds. The van der Waals surface area contributed by atoms with Crippen LogP contribution < -0.4 is 5.73 Å². The van der Waals surface area contributed by atoms with Crippen molar-refractivity contribution in [3.05, 3.63) is 47.3 Å². The van der Waals surface area contributed by atoms with Gasteiger partial charge in [0.2, 0.25) is 0 Å². The minimum atomic E-state index is -1.02. The van der Waals surface area contributed by atoms with Crippen LogP contribution in [-0.4, -0.2) is 20.6 Å². The lowest BCUT2D eigenvalue weighted by Gasteiger charge is -2.25. The highest BCUT2D eigenvalue weighted by Crippen LogP contribution is 2.32. The van der Waals surface area contributed by atoms with Gasteiger partial charge in [0.1, 0.15) is 5.82 Å². The third kappa shape index (κ3) is 2.03. The van der Waals surface area contributed by atoms with Gasteiger partial charge in [0, 0.05) is 18.2 Å². The molecule has 0 saturated carbocycles. The minimum Gasteiger partial charge on any atom is -0.476 e. The summed E-state index contributed by atoms with van der Waals surface area (Å²) in [5, 5.41) is 9.04. The van der Waals surface area contributed by atoms with Gasteiger partial charge in [-0.25, -0.2) is 14.2 Å². The zero-order valence-electron chi connectivity index (χ0n) is 10.7. The van der Waals surface area contributed by atoms with Crippen molar-refractivity contribution in [2.24, 2.45) is 0 Å². The molecule has 1 aromatic heterocycles. The van der Waals surface area contributed by atoms with E-state index in [0.29, 0.717) is 36.3 Å². The second-order valence-corrected chi connectivity index (χ2v) is 5.01. The number of benzene rings is 1. The standard InChI is InChI=1S/C14H14FN3O2/c15-11-3-2-9(16)5-10(11)8-1-4-12-13(14(19)20)17-7-18(12)6-8/h2-3,5,7-8H,1,4,6,16H2,(H,19,20). The fourth-order valence-electron chi connectivity index (χ4n) is 2.77. The summed E-state index contributed by atoms with van der Waals surface area (Å²) < 4.78 is 15.7. The van der Waals surface area contributed by atoms with Crippen LogP contribution in [0.4, 0.5) is 10.1 Å². The van der Waals surface area contributed by atoms with Gasteiger partial charge >= 0.3 is 5.97 Å². The summed E-state index contributed by atoms with van der Waals surface area (Å²) in [4.78, 5) is 14.9. The third-order valence-corrected chi connectivity index (χ3v) is 3.76. The maximum Gasteiger partial charge on any atom is 0.356 e. The predicted molar refractivity (Wildman–Crippen MR) is 71.1 cm³/mol. The minimum absolute atomic E-state index is 0.0122. The summed E-state index contributed by atoms with van der Waals surface area (Å²) in [5.41, 5.74) is 7.63. The van der Waals surface area contributed by atoms with E-state index >= 15 is 0 Å². The second-order valence-electron chi connectivity index (χ2n) is 5.01. The molecule has 5 nitrogen and oxygen atoms in total. The lowest BCUT2D eigenvalue weighted by atomic mass is 9.89. The molecule has 20 heavy (non-hydrogen) atoms. The Morgan fingerprint density at radius 2 is 2.30 bits per heavy atom. The largest absolute Gasteiger partial charge is 0.476 e. The number of aromatic nitrogens is 2. The molecule has 3 rings (SSSR count). The number of imidazole rings is 1. The van der Waals surface area contributed by atoms with E-state index in [2.05, 4.69) is 4.98 Å². The van der Waals surface area contributed by atoms with Crippen molar-refractivity contribution >= 4 is 11.7 Å². The molecule has 0 radical (unpaired) electrons. The van der Waals surface area contributed by atoms with Gasteiger partial charge in [0.25, 0.3) is 0 Å². The molecule has 6 heteroatoms. The van der Waals surface area contributed by atoms with Crippen LogP contribution in [0.2, 0.25) is 0 Å². The normalized spacial score (nSPS) is 17.8. The lowest BCUT2D eigenvalue weighted by Crippen LogP contribution is -2.20. The van der Waals surface area contributed by atoms with Gasteiger partial charge in [-0.15, -0.1) is 0 Å². The topological polar surface area (TPSA) is 81.1 Å². The lowest BCUT2D eigenvalue weighted by molar-refractivity contribution is 0.0689. The van der Waals surface area contributed by atoms with E-state index in [1.165, 1.54) is 18.5 Å². The monoisotopic (exact) mass is 275 g/mol. The molecule has 2 heterocycles. The molecule has 0 saturated heterocycles. The van der Waals surface area contributed by atoms with Gasteiger partial charge in [-0.1, -0.05) is 0 Å². The fourth-order valence-corrected chi connectivity index (χ4v) is 2.77. The molecule has 0 spiro atoms. The van der Waals surface area contributed by atoms with Crippen LogP contribution in [-0.2, 0) is 13.0 Å². The van der Waals surface area contributed by atoms with Gasteiger partial charge in [-0.05, 0) is 36.6 Å². The predicted octanol–water partition coefficient (Wildman–Crippen LogP) is 2.03. The highest BCUT2D eigenvalue weighted by atomic mass is 19.1. The number of fused-ring (bicyclic) bond motifs is 1. The van der Waals surface area contributed by atoms with Crippen molar-refractivity contribution in [3.63, 3.8) is 0 Å². The number of hydrogen-bond acceptors (Lipinski definition) is 3. The molecular formula is C14H14FN3O2. The number of nitrogen functional groups attached to an aromatic ring is 1. The Morgan fingerprint density at radius 3 is 3.05 bits per heavy atom. The first kappa shape index (κ1) is 12.7. The van der Waals surface area contributed by atoms with E-state index in [4.69, 9.17) is 10.8 Å². The van der Waals surface area contributed by atoms with Gasteiger partial charge in [0.15, 0.2) is 5.69 Å². The van der Waals surface area contributed by atoms with Gasteiger partial charge < -0.3 is 15.4 Å². The second kappa shape index (κ2) is 4.63. The molecule has 0 aliphatic carbocycles. The Hall–Kier alpha value is -2.37. The van der Waals surface area contributed by atoms with Crippen LogP contribution >= 0.6 is 0 Å². The maximum atomic E-state index is 13.9. The highest BCUT2D eigenvalue weighted by Gasteiger charge is 2.26. The van der Waals surface area contributed by atoms with Crippen LogP contribution in [0.25, 0.3) is 0 Å². The van der Waals surface area contributed by atoms with Gasteiger partial charge in [0.05, 0.1) is 12.0 Å². The van der Waals surface area contributed by atoms with E-state index in [0.717, 1.165) is 0 Å². The van der Waals surface area contributed by atoms with Crippen LogP contribution in [0.5, 0.6) is 0 Å². The van der Waals surface area contributed by atoms with Crippen molar-refractivity contribution in [3.8, 4) is 0 Å². The van der Waals surface area contributed by atoms with Gasteiger partial charge in [-0.2, -0.15) is 0 Å². The summed E-state index contributed by atoms with van der Waals surface area (Å²) in [6, 6.07) is 4.56. The summed E-state index contributed by atoms with van der Waals surface area (Å²) in [5.74, 6) is -1.31. The highest BCUT2D eigenvalue weighted by molar-refractivity contribution is 5.86. The van der Waals surface area contributed by atoms with E-state index in [1.54, 1.807) is 10.6 Å². The molecular weight excluding hydrogens is 261 g/mol. The first-order valence-corrected chi connectivity index (χ1v) is 6.38. The van der Waals surface area contributed by atoms with Crippen LogP contribution in [0.1, 0.15) is 34.1 Å². The molecule has 0 bridgehead atoms. The number of anilines is 1. The SMILES string of the molecule is Nc1ccc(F)c(C2CCc3c(C(=O)O)ncn3C2)c1. The molecule has 0 fully saturated rings. The molecule has 2 aromatic rings. The van der Waals surface area contributed by atoms with Crippen molar-refractivity contribution in [1.82, 2.24) is 9.55 Å². The zero-order chi connectivity index (χ0) is 14.3. The molecule has 104 valence electrons. The number of carboxylic acids is 1. The summed E-state index contributed by atoms with van der Waals surface area (Å²) in [6.45, 7) is 0.524. The number of carbonyl (C=O) groups is 1. The van der Waals surface area contributed by atoms with Gasteiger partial charge in [-0.3, -0.25) is 0 Å². The average Bonchev–Trinajstić information content (AvgIpc) is 2.84. The third-order valence-electron chi connectivity index (χ3n) is 3.76. The first-order valence-electron chi connectivity index (χ1n) is 6.38. The van der Waals surface area contributed by atoms with Crippen LogP contribution in [0, 0.1) is 5.82 Å². The Labute approximate surface area is 114 Å². The number of nitrogens with zero attached hydrogens (tertiary/aromatic N) is 2. The number of hydrogen-bond donors (Lipinski definition) is 2. The van der Waals surface area contributed by atoms with E-state index in [1.807, 2.05) is 0 Å². The first-order chi connectivity index (χ1) is 9.56. The Morgan fingerprint density at radius 1 is 1.50 bits per heavy atom. The van der Waals surface area contributed by atoms with Crippen molar-refractivity contribution < 1.29 is 14.3 Å². The molecule has 1 atom stereocenters. The molecule has 1 aliphatic rings. The molecule has 1 aromatic carbocycles. The number of aromatic carboxylic acids is 1. The summed E-state index contributed by atoms with van der Waals surface area (Å²) in [6.07, 6.45) is 2.77. The van der Waals surface area contributed by atoms with Crippen molar-refractivity contribution in [2.75, 3.05) is 5.73 Å². The Bertz CT molecular complexity index is 681. The zero-order valence-corrected chi connectivity index (χ0v) is 10.7.